The van der Waals surface area contributed by atoms with Crippen molar-refractivity contribution in [2.45, 2.75) is 20.3 Å². The van der Waals surface area contributed by atoms with Gasteiger partial charge in [0.1, 0.15) is 0 Å². The van der Waals surface area contributed by atoms with E-state index in [1.54, 1.807) is 37.3 Å². The average Bonchev–Trinajstić information content (AvgIpc) is 2.60. The van der Waals surface area contributed by atoms with Crippen LogP contribution in [0.4, 0.5) is 11.4 Å². The third kappa shape index (κ3) is 4.17. The van der Waals surface area contributed by atoms with Crippen LogP contribution in [0.1, 0.15) is 19.4 Å². The summed E-state index contributed by atoms with van der Waals surface area (Å²) in [6.45, 7) is 4.03. The third-order valence-corrected chi connectivity index (χ3v) is 3.26. The van der Waals surface area contributed by atoms with E-state index in [0.29, 0.717) is 11.4 Å². The summed E-state index contributed by atoms with van der Waals surface area (Å²) in [5, 5.41) is 3.64. The van der Waals surface area contributed by atoms with Crippen molar-refractivity contribution in [3.63, 3.8) is 0 Å². The molecule has 0 aromatic heterocycles. The normalized spacial score (nSPS) is 10.2. The third-order valence-electron chi connectivity index (χ3n) is 3.26. The first-order chi connectivity index (χ1) is 11.2. The Morgan fingerprint density at radius 2 is 1.65 bits per heavy atom. The fourth-order valence-corrected chi connectivity index (χ4v) is 2.17. The molecule has 0 radical (unpaired) electrons. The molecule has 0 unspecified atom stereocenters. The number of hydroxylamine groups is 1. The Labute approximate surface area is 135 Å². The molecule has 0 spiro atoms. The molecule has 2 rings (SSSR count). The number of hydrogen-bond acceptors (Lipinski definition) is 3. The van der Waals surface area contributed by atoms with Crippen LogP contribution in [0.5, 0.6) is 0 Å². The van der Waals surface area contributed by atoms with Gasteiger partial charge in [-0.3, -0.25) is 14.4 Å². The largest absolute Gasteiger partial charge is 0.340 e. The Morgan fingerprint density at radius 1 is 1.00 bits per heavy atom. The van der Waals surface area contributed by atoms with Gasteiger partial charge in [-0.25, -0.2) is 0 Å². The maximum atomic E-state index is 12.5. The highest BCUT2D eigenvalue weighted by Crippen LogP contribution is 2.22. The lowest BCUT2D eigenvalue weighted by Gasteiger charge is -2.22. The lowest BCUT2D eigenvalue weighted by molar-refractivity contribution is -0.139. The van der Waals surface area contributed by atoms with Crippen LogP contribution in [0.15, 0.2) is 54.6 Å². The van der Waals surface area contributed by atoms with E-state index in [-0.39, 0.29) is 6.61 Å². The summed E-state index contributed by atoms with van der Waals surface area (Å²) in [4.78, 5) is 30.1. The van der Waals surface area contributed by atoms with Gasteiger partial charge in [-0.05, 0) is 37.1 Å². The first kappa shape index (κ1) is 16.7. The molecular formula is C18H20N2O3. The van der Waals surface area contributed by atoms with Crippen LogP contribution in [0, 0.1) is 0 Å². The van der Waals surface area contributed by atoms with Gasteiger partial charge in [0, 0.05) is 5.69 Å². The van der Waals surface area contributed by atoms with Gasteiger partial charge in [0.15, 0.2) is 0 Å². The Kier molecular flexibility index (Phi) is 5.88. The number of rotatable bonds is 5. The first-order valence-corrected chi connectivity index (χ1v) is 7.58. The van der Waals surface area contributed by atoms with Gasteiger partial charge in [0.05, 0.1) is 12.3 Å². The molecule has 2 aromatic carbocycles. The van der Waals surface area contributed by atoms with Crippen molar-refractivity contribution < 1.29 is 14.4 Å². The molecule has 0 bridgehead atoms. The number of nitrogens with zero attached hydrogens (tertiary/aromatic N) is 1. The van der Waals surface area contributed by atoms with Crippen LogP contribution in [0.2, 0.25) is 0 Å². The van der Waals surface area contributed by atoms with Crippen molar-refractivity contribution in [1.82, 2.24) is 0 Å². The molecule has 0 aliphatic heterocycles. The van der Waals surface area contributed by atoms with Crippen molar-refractivity contribution in [1.29, 1.82) is 0 Å². The minimum absolute atomic E-state index is 0.280. The van der Waals surface area contributed by atoms with Crippen molar-refractivity contribution in [3.8, 4) is 0 Å². The van der Waals surface area contributed by atoms with E-state index in [1.807, 2.05) is 31.2 Å². The Morgan fingerprint density at radius 3 is 2.30 bits per heavy atom. The summed E-state index contributed by atoms with van der Waals surface area (Å²) in [5.74, 6) is -1.49. The topological polar surface area (TPSA) is 58.6 Å². The Bertz CT molecular complexity index is 671. The fraction of sp³-hybridized carbons (Fsp3) is 0.222. The van der Waals surface area contributed by atoms with Crippen molar-refractivity contribution in [3.05, 3.63) is 60.2 Å². The van der Waals surface area contributed by atoms with E-state index in [4.69, 9.17) is 4.84 Å². The zero-order valence-electron chi connectivity index (χ0n) is 13.3. The maximum Gasteiger partial charge on any atom is 0.340 e. The molecule has 23 heavy (non-hydrogen) atoms. The number of carbonyl (C=O) groups is 2. The van der Waals surface area contributed by atoms with Gasteiger partial charge < -0.3 is 5.32 Å². The number of para-hydroxylation sites is 2. The quantitative estimate of drug-likeness (QED) is 0.681. The minimum Gasteiger partial charge on any atom is -0.318 e. The van der Waals surface area contributed by atoms with E-state index >= 15 is 0 Å². The molecule has 120 valence electrons. The highest BCUT2D eigenvalue weighted by atomic mass is 16.7. The van der Waals surface area contributed by atoms with Gasteiger partial charge in [-0.2, -0.15) is 5.06 Å². The van der Waals surface area contributed by atoms with E-state index in [1.165, 1.54) is 0 Å². The number of amides is 2. The predicted octanol–water partition coefficient (Wildman–Crippen LogP) is 3.17. The van der Waals surface area contributed by atoms with E-state index in [9.17, 15) is 9.59 Å². The lowest BCUT2D eigenvalue weighted by atomic mass is 10.1. The Hall–Kier alpha value is -2.66. The van der Waals surface area contributed by atoms with Crippen molar-refractivity contribution in [2.75, 3.05) is 17.0 Å². The average molecular weight is 312 g/mol. The van der Waals surface area contributed by atoms with E-state index < -0.39 is 11.8 Å². The van der Waals surface area contributed by atoms with Crippen molar-refractivity contribution >= 4 is 23.2 Å². The van der Waals surface area contributed by atoms with Crippen molar-refractivity contribution in [2.24, 2.45) is 0 Å². The summed E-state index contributed by atoms with van der Waals surface area (Å²) in [5.41, 5.74) is 2.08. The molecule has 5 nitrogen and oxygen atoms in total. The summed E-state index contributed by atoms with van der Waals surface area (Å²) >= 11 is 0. The zero-order chi connectivity index (χ0) is 16.7. The zero-order valence-corrected chi connectivity index (χ0v) is 13.3. The molecule has 0 heterocycles. The highest BCUT2D eigenvalue weighted by molar-refractivity contribution is 6.43. The number of benzene rings is 2. The molecule has 2 aromatic rings. The molecule has 0 atom stereocenters. The van der Waals surface area contributed by atoms with Crippen LogP contribution in [0.25, 0.3) is 0 Å². The number of carbonyl (C=O) groups excluding carboxylic acids is 2. The summed E-state index contributed by atoms with van der Waals surface area (Å²) in [6, 6.07) is 16.2. The summed E-state index contributed by atoms with van der Waals surface area (Å²) < 4.78 is 0. The van der Waals surface area contributed by atoms with Crippen LogP contribution in [-0.4, -0.2) is 18.4 Å². The SMILES string of the molecule is CCON(C(=O)C(=O)Nc1ccccc1)c1ccccc1CC. The molecule has 1 N–H and O–H groups in total. The van der Waals surface area contributed by atoms with Gasteiger partial charge in [0.25, 0.3) is 0 Å². The number of nitrogens with one attached hydrogen (secondary N) is 1. The second-order valence-electron chi connectivity index (χ2n) is 4.82. The molecule has 0 aliphatic rings. The van der Waals surface area contributed by atoms with Gasteiger partial charge in [-0.1, -0.05) is 43.3 Å². The Balaban J connectivity index is 2.23. The molecule has 0 saturated heterocycles. The second-order valence-corrected chi connectivity index (χ2v) is 4.82. The molecule has 5 heteroatoms. The summed E-state index contributed by atoms with van der Waals surface area (Å²) in [6.07, 6.45) is 0.729. The first-order valence-electron chi connectivity index (χ1n) is 7.58. The smallest absolute Gasteiger partial charge is 0.318 e. The van der Waals surface area contributed by atoms with Crippen LogP contribution >= 0.6 is 0 Å². The molecule has 2 amide bonds. The second kappa shape index (κ2) is 8.10. The van der Waals surface area contributed by atoms with E-state index in [2.05, 4.69) is 5.32 Å². The fourth-order valence-electron chi connectivity index (χ4n) is 2.17. The number of aryl methyl sites for hydroxylation is 1. The molecular weight excluding hydrogens is 292 g/mol. The van der Waals surface area contributed by atoms with Gasteiger partial charge >= 0.3 is 11.8 Å². The van der Waals surface area contributed by atoms with Crippen LogP contribution in [-0.2, 0) is 20.8 Å². The highest BCUT2D eigenvalue weighted by Gasteiger charge is 2.25. The van der Waals surface area contributed by atoms with E-state index in [0.717, 1.165) is 17.0 Å². The maximum absolute atomic E-state index is 12.5. The number of hydrogen-bond donors (Lipinski definition) is 1. The minimum atomic E-state index is -0.753. The predicted molar refractivity (Wildman–Crippen MR) is 90.0 cm³/mol. The molecule has 0 aliphatic carbocycles. The standard InChI is InChI=1S/C18H20N2O3/c1-3-14-10-8-9-13-16(14)20(23-4-2)18(22)17(21)19-15-11-6-5-7-12-15/h5-13H,3-4H2,1-2H3,(H,19,21). The van der Waals surface area contributed by atoms with Gasteiger partial charge in [0.2, 0.25) is 0 Å². The van der Waals surface area contributed by atoms with Crippen LogP contribution < -0.4 is 10.4 Å². The van der Waals surface area contributed by atoms with Crippen LogP contribution in [0.3, 0.4) is 0 Å². The molecule has 0 fully saturated rings. The van der Waals surface area contributed by atoms with Gasteiger partial charge in [-0.15, -0.1) is 0 Å². The molecule has 0 saturated carbocycles. The summed E-state index contributed by atoms with van der Waals surface area (Å²) in [7, 11) is 0. The monoisotopic (exact) mass is 312 g/mol. The number of anilines is 2. The lowest BCUT2D eigenvalue weighted by Crippen LogP contribution is -2.40.